The summed E-state index contributed by atoms with van der Waals surface area (Å²) in [7, 11) is 0. The molecule has 1 aliphatic heterocycles. The summed E-state index contributed by atoms with van der Waals surface area (Å²) in [5.74, 6) is -0.613. The molecule has 0 bridgehead atoms. The van der Waals surface area contributed by atoms with Crippen LogP contribution in [0.5, 0.6) is 0 Å². The third-order valence-electron chi connectivity index (χ3n) is 3.86. The fraction of sp³-hybridized carbons (Fsp3) is 0.786. The highest BCUT2D eigenvalue weighted by Gasteiger charge is 2.35. The lowest BCUT2D eigenvalue weighted by atomic mass is 9.88. The Morgan fingerprint density at radius 3 is 2.42 bits per heavy atom. The molecule has 0 spiro atoms. The third kappa shape index (κ3) is 4.33. The normalized spacial score (nSPS) is 21.3. The molecule has 0 aromatic carbocycles. The first-order valence-corrected chi connectivity index (χ1v) is 6.89. The average molecular weight is 269 g/mol. The molecule has 0 aliphatic carbocycles. The number of carbonyl (C=O) groups excluding carboxylic acids is 2. The van der Waals surface area contributed by atoms with E-state index in [9.17, 15) is 14.4 Å². The minimum absolute atomic E-state index is 0.0919. The van der Waals surface area contributed by atoms with E-state index in [1.54, 1.807) is 6.92 Å². The first-order chi connectivity index (χ1) is 8.82. The predicted molar refractivity (Wildman–Crippen MR) is 70.3 cm³/mol. The first kappa shape index (κ1) is 15.7. The second kappa shape index (κ2) is 6.68. The molecule has 2 unspecified atom stereocenters. The summed E-state index contributed by atoms with van der Waals surface area (Å²) in [6.07, 6.45) is 1.73. The SMILES string of the molecule is CC1CC(=O)N(CCC(CCC(=O)O)C(C)C)C1=O. The van der Waals surface area contributed by atoms with E-state index in [2.05, 4.69) is 0 Å². The van der Waals surface area contributed by atoms with E-state index in [-0.39, 0.29) is 30.1 Å². The fourth-order valence-corrected chi connectivity index (χ4v) is 2.50. The van der Waals surface area contributed by atoms with Crippen molar-refractivity contribution >= 4 is 17.8 Å². The van der Waals surface area contributed by atoms with Gasteiger partial charge in [0.2, 0.25) is 11.8 Å². The molecule has 1 rings (SSSR count). The van der Waals surface area contributed by atoms with Gasteiger partial charge in [0.15, 0.2) is 0 Å². The van der Waals surface area contributed by atoms with Crippen molar-refractivity contribution in [2.24, 2.45) is 17.8 Å². The molecule has 5 nitrogen and oxygen atoms in total. The van der Waals surface area contributed by atoms with Gasteiger partial charge in [-0.25, -0.2) is 0 Å². The highest BCUT2D eigenvalue weighted by Crippen LogP contribution is 2.24. The summed E-state index contributed by atoms with van der Waals surface area (Å²) in [5.41, 5.74) is 0. The number of imide groups is 1. The van der Waals surface area contributed by atoms with Crippen LogP contribution in [0, 0.1) is 17.8 Å². The van der Waals surface area contributed by atoms with Gasteiger partial charge in [-0.2, -0.15) is 0 Å². The van der Waals surface area contributed by atoms with Crippen LogP contribution in [0.15, 0.2) is 0 Å². The van der Waals surface area contributed by atoms with Crippen LogP contribution in [0.25, 0.3) is 0 Å². The number of likely N-dealkylation sites (tertiary alicyclic amines) is 1. The lowest BCUT2D eigenvalue weighted by Crippen LogP contribution is -2.33. The minimum Gasteiger partial charge on any atom is -0.481 e. The number of carboxylic acid groups (broad SMARTS) is 1. The van der Waals surface area contributed by atoms with Gasteiger partial charge in [0, 0.05) is 25.3 Å². The smallest absolute Gasteiger partial charge is 0.303 e. The van der Waals surface area contributed by atoms with Crippen molar-refractivity contribution in [3.63, 3.8) is 0 Å². The number of nitrogens with zero attached hydrogens (tertiary/aromatic N) is 1. The Kier molecular flexibility index (Phi) is 5.51. The van der Waals surface area contributed by atoms with Gasteiger partial charge >= 0.3 is 5.97 Å². The van der Waals surface area contributed by atoms with Gasteiger partial charge in [-0.15, -0.1) is 0 Å². The molecule has 108 valence electrons. The molecule has 1 fully saturated rings. The first-order valence-electron chi connectivity index (χ1n) is 6.89. The van der Waals surface area contributed by atoms with E-state index >= 15 is 0 Å². The Bertz CT molecular complexity index is 364. The van der Waals surface area contributed by atoms with Crippen molar-refractivity contribution in [3.05, 3.63) is 0 Å². The van der Waals surface area contributed by atoms with Crippen LogP contribution < -0.4 is 0 Å². The highest BCUT2D eigenvalue weighted by atomic mass is 16.4. The van der Waals surface area contributed by atoms with E-state index in [0.717, 1.165) is 0 Å². The molecular formula is C14H23NO4. The van der Waals surface area contributed by atoms with Gasteiger partial charge in [0.05, 0.1) is 0 Å². The quantitative estimate of drug-likeness (QED) is 0.716. The summed E-state index contributed by atoms with van der Waals surface area (Å²) in [5, 5.41) is 8.72. The summed E-state index contributed by atoms with van der Waals surface area (Å²) in [6.45, 7) is 6.28. The lowest BCUT2D eigenvalue weighted by molar-refractivity contribution is -0.140. The molecule has 0 saturated carbocycles. The van der Waals surface area contributed by atoms with E-state index in [4.69, 9.17) is 5.11 Å². The largest absolute Gasteiger partial charge is 0.481 e. The van der Waals surface area contributed by atoms with E-state index in [1.807, 2.05) is 13.8 Å². The van der Waals surface area contributed by atoms with E-state index < -0.39 is 5.97 Å². The van der Waals surface area contributed by atoms with Gasteiger partial charge in [0.25, 0.3) is 0 Å². The van der Waals surface area contributed by atoms with Crippen LogP contribution in [-0.4, -0.2) is 34.3 Å². The van der Waals surface area contributed by atoms with E-state index in [1.165, 1.54) is 4.90 Å². The molecule has 0 aromatic heterocycles. The molecule has 0 aromatic rings. The maximum absolute atomic E-state index is 11.8. The van der Waals surface area contributed by atoms with Crippen molar-refractivity contribution in [3.8, 4) is 0 Å². The monoisotopic (exact) mass is 269 g/mol. The van der Waals surface area contributed by atoms with Crippen LogP contribution in [0.2, 0.25) is 0 Å². The fourth-order valence-electron chi connectivity index (χ4n) is 2.50. The molecule has 19 heavy (non-hydrogen) atoms. The van der Waals surface area contributed by atoms with Crippen LogP contribution in [0.3, 0.4) is 0 Å². The molecule has 2 amide bonds. The molecule has 1 saturated heterocycles. The Labute approximate surface area is 114 Å². The van der Waals surface area contributed by atoms with Gasteiger partial charge in [-0.1, -0.05) is 20.8 Å². The Morgan fingerprint density at radius 2 is 2.00 bits per heavy atom. The van der Waals surface area contributed by atoms with Gasteiger partial charge < -0.3 is 5.11 Å². The van der Waals surface area contributed by atoms with Crippen LogP contribution in [0.1, 0.15) is 46.5 Å². The number of carboxylic acids is 1. The average Bonchev–Trinajstić information content (AvgIpc) is 2.54. The number of carbonyl (C=O) groups is 3. The number of hydrogen-bond acceptors (Lipinski definition) is 3. The van der Waals surface area contributed by atoms with Gasteiger partial charge in [0.1, 0.15) is 0 Å². The van der Waals surface area contributed by atoms with Crippen molar-refractivity contribution in [1.29, 1.82) is 0 Å². The lowest BCUT2D eigenvalue weighted by Gasteiger charge is -2.23. The van der Waals surface area contributed by atoms with Crippen LogP contribution in [0.4, 0.5) is 0 Å². The van der Waals surface area contributed by atoms with Crippen molar-refractivity contribution < 1.29 is 19.5 Å². The standard InChI is InChI=1S/C14H23NO4/c1-9(2)11(4-5-13(17)18)6-7-15-12(16)8-10(3)14(15)19/h9-11H,4-8H2,1-3H3,(H,17,18). The van der Waals surface area contributed by atoms with Crippen LogP contribution >= 0.6 is 0 Å². The molecule has 5 heteroatoms. The number of aliphatic carboxylic acids is 1. The van der Waals surface area contributed by atoms with Crippen LogP contribution in [-0.2, 0) is 14.4 Å². The third-order valence-corrected chi connectivity index (χ3v) is 3.86. The number of amides is 2. The number of hydrogen-bond donors (Lipinski definition) is 1. The zero-order valence-corrected chi connectivity index (χ0v) is 11.9. The molecule has 1 aliphatic rings. The zero-order chi connectivity index (χ0) is 14.6. The topological polar surface area (TPSA) is 74.7 Å². The second-order valence-electron chi connectivity index (χ2n) is 5.71. The van der Waals surface area contributed by atoms with Crippen molar-refractivity contribution in [1.82, 2.24) is 4.90 Å². The molecule has 2 atom stereocenters. The highest BCUT2D eigenvalue weighted by molar-refractivity contribution is 6.03. The maximum atomic E-state index is 11.8. The minimum atomic E-state index is -0.799. The van der Waals surface area contributed by atoms with Gasteiger partial charge in [-0.3, -0.25) is 19.3 Å². The molecule has 1 heterocycles. The van der Waals surface area contributed by atoms with Crippen molar-refractivity contribution in [2.75, 3.05) is 6.54 Å². The van der Waals surface area contributed by atoms with Crippen molar-refractivity contribution in [2.45, 2.75) is 46.5 Å². The Balaban J connectivity index is 2.50. The Morgan fingerprint density at radius 1 is 1.37 bits per heavy atom. The van der Waals surface area contributed by atoms with E-state index in [0.29, 0.717) is 31.7 Å². The molecule has 1 N–H and O–H groups in total. The predicted octanol–water partition coefficient (Wildman–Crippen LogP) is 1.91. The molecular weight excluding hydrogens is 246 g/mol. The molecule has 0 radical (unpaired) electrons. The maximum Gasteiger partial charge on any atom is 0.303 e. The summed E-state index contributed by atoms with van der Waals surface area (Å²) in [6, 6.07) is 0. The zero-order valence-electron chi connectivity index (χ0n) is 11.9. The summed E-state index contributed by atoms with van der Waals surface area (Å²) in [4.78, 5) is 35.4. The summed E-state index contributed by atoms with van der Waals surface area (Å²) < 4.78 is 0. The van der Waals surface area contributed by atoms with Gasteiger partial charge in [-0.05, 0) is 24.7 Å². The Hall–Kier alpha value is -1.39. The summed E-state index contributed by atoms with van der Waals surface area (Å²) >= 11 is 0. The second-order valence-corrected chi connectivity index (χ2v) is 5.71. The number of rotatable bonds is 7.